The molecule has 0 bridgehead atoms. The Morgan fingerprint density at radius 2 is 1.75 bits per heavy atom. The molecule has 0 aromatic heterocycles. The normalized spacial score (nSPS) is 17.9. The van der Waals surface area contributed by atoms with Gasteiger partial charge in [-0.25, -0.2) is 4.39 Å². The van der Waals surface area contributed by atoms with Gasteiger partial charge in [0.1, 0.15) is 5.82 Å². The molecule has 1 aliphatic heterocycles. The van der Waals surface area contributed by atoms with E-state index < -0.39 is 0 Å². The summed E-state index contributed by atoms with van der Waals surface area (Å²) < 4.78 is 13.6. The maximum Gasteiger partial charge on any atom is 0.123 e. The molecule has 20 heavy (non-hydrogen) atoms. The van der Waals surface area contributed by atoms with Crippen molar-refractivity contribution >= 4 is 0 Å². The molecule has 1 saturated heterocycles. The van der Waals surface area contributed by atoms with Crippen molar-refractivity contribution in [2.75, 3.05) is 39.3 Å². The molecule has 111 valence electrons. The number of β-amino-alcohol motifs (C(OH)–C–C–N with tert-alkyl or cyclic N) is 1. The lowest BCUT2D eigenvalue weighted by atomic mass is 10.0. The lowest BCUT2D eigenvalue weighted by Crippen LogP contribution is -2.46. The standard InChI is InChI=1S/C16H24FN2O/c1-13(2)15-9-14(10-16(17)11-15)12-19-5-3-18(4-6-19)7-8-20/h9-11,20H,3-8,12H2,1-2H3. The van der Waals surface area contributed by atoms with E-state index in [1.807, 2.05) is 13.8 Å². The largest absolute Gasteiger partial charge is 0.395 e. The fraction of sp³-hybridized carbons (Fsp3) is 0.562. The molecular weight excluding hydrogens is 255 g/mol. The lowest BCUT2D eigenvalue weighted by Gasteiger charge is -2.34. The van der Waals surface area contributed by atoms with E-state index in [0.717, 1.165) is 56.3 Å². The van der Waals surface area contributed by atoms with Crippen LogP contribution in [0.25, 0.3) is 0 Å². The Bertz CT molecular complexity index is 428. The van der Waals surface area contributed by atoms with Crippen LogP contribution >= 0.6 is 0 Å². The molecule has 4 heteroatoms. The molecule has 1 aromatic rings. The second kappa shape index (κ2) is 7.16. The number of benzene rings is 1. The van der Waals surface area contributed by atoms with Crippen LogP contribution in [0.3, 0.4) is 0 Å². The van der Waals surface area contributed by atoms with Gasteiger partial charge in [0.2, 0.25) is 0 Å². The maximum absolute atomic E-state index is 13.6. The third-order valence-electron chi connectivity index (χ3n) is 3.82. The summed E-state index contributed by atoms with van der Waals surface area (Å²) in [4.78, 5) is 4.61. The molecule has 0 saturated carbocycles. The van der Waals surface area contributed by atoms with E-state index in [4.69, 9.17) is 5.11 Å². The van der Waals surface area contributed by atoms with Crippen molar-refractivity contribution in [3.8, 4) is 0 Å². The Hall–Kier alpha value is -0.970. The SMILES string of the molecule is C[C](C)c1cc(F)cc(CN2CCN(CCO)CC2)c1. The van der Waals surface area contributed by atoms with Crippen LogP contribution in [-0.4, -0.2) is 54.2 Å². The summed E-state index contributed by atoms with van der Waals surface area (Å²) >= 11 is 0. The van der Waals surface area contributed by atoms with Gasteiger partial charge in [-0.3, -0.25) is 9.80 Å². The number of aliphatic hydroxyl groups is 1. The van der Waals surface area contributed by atoms with E-state index in [2.05, 4.69) is 15.9 Å². The first-order valence-corrected chi connectivity index (χ1v) is 7.24. The molecule has 0 atom stereocenters. The average Bonchev–Trinajstić information content (AvgIpc) is 2.40. The average molecular weight is 279 g/mol. The zero-order chi connectivity index (χ0) is 14.5. The van der Waals surface area contributed by atoms with Crippen molar-refractivity contribution in [3.63, 3.8) is 0 Å². The van der Waals surface area contributed by atoms with Crippen LogP contribution in [0.2, 0.25) is 0 Å². The molecule has 2 rings (SSSR count). The Balaban J connectivity index is 1.94. The molecule has 1 N–H and O–H groups in total. The van der Waals surface area contributed by atoms with Crippen LogP contribution in [0.5, 0.6) is 0 Å². The number of aliphatic hydroxyl groups excluding tert-OH is 1. The summed E-state index contributed by atoms with van der Waals surface area (Å²) in [6.07, 6.45) is 0. The molecule has 3 nitrogen and oxygen atoms in total. The molecule has 1 fully saturated rings. The quantitative estimate of drug-likeness (QED) is 0.892. The van der Waals surface area contributed by atoms with Crippen molar-refractivity contribution < 1.29 is 9.50 Å². The van der Waals surface area contributed by atoms with E-state index >= 15 is 0 Å². The van der Waals surface area contributed by atoms with Crippen molar-refractivity contribution in [1.82, 2.24) is 9.80 Å². The van der Waals surface area contributed by atoms with Gasteiger partial charge in [0, 0.05) is 39.3 Å². The summed E-state index contributed by atoms with van der Waals surface area (Å²) in [5.74, 6) is 0.983. The highest BCUT2D eigenvalue weighted by molar-refractivity contribution is 5.33. The predicted molar refractivity (Wildman–Crippen MR) is 78.9 cm³/mol. The van der Waals surface area contributed by atoms with Gasteiger partial charge >= 0.3 is 0 Å². The highest BCUT2D eigenvalue weighted by Gasteiger charge is 2.17. The number of rotatable bonds is 5. The summed E-state index contributed by atoms with van der Waals surface area (Å²) in [7, 11) is 0. The van der Waals surface area contributed by atoms with Gasteiger partial charge in [0.05, 0.1) is 6.61 Å². The summed E-state index contributed by atoms with van der Waals surface area (Å²) in [5, 5.41) is 8.93. The highest BCUT2D eigenvalue weighted by atomic mass is 19.1. The number of nitrogens with zero attached hydrogens (tertiary/aromatic N) is 2. The van der Waals surface area contributed by atoms with Gasteiger partial charge in [-0.05, 0) is 29.2 Å². The monoisotopic (exact) mass is 279 g/mol. The summed E-state index contributed by atoms with van der Waals surface area (Å²) in [6, 6.07) is 5.31. The van der Waals surface area contributed by atoms with E-state index in [9.17, 15) is 4.39 Å². The van der Waals surface area contributed by atoms with Crippen LogP contribution in [0.15, 0.2) is 18.2 Å². The number of piperazine rings is 1. The van der Waals surface area contributed by atoms with Crippen molar-refractivity contribution in [2.45, 2.75) is 20.4 Å². The third-order valence-corrected chi connectivity index (χ3v) is 3.82. The number of hydrogen-bond acceptors (Lipinski definition) is 3. The molecule has 1 aliphatic rings. The van der Waals surface area contributed by atoms with Gasteiger partial charge in [0.15, 0.2) is 0 Å². The molecule has 0 amide bonds. The smallest absolute Gasteiger partial charge is 0.123 e. The molecule has 1 radical (unpaired) electrons. The van der Waals surface area contributed by atoms with Crippen LogP contribution in [0.1, 0.15) is 25.0 Å². The van der Waals surface area contributed by atoms with E-state index in [1.54, 1.807) is 12.1 Å². The Morgan fingerprint density at radius 1 is 1.10 bits per heavy atom. The highest BCUT2D eigenvalue weighted by Crippen LogP contribution is 2.18. The van der Waals surface area contributed by atoms with Crippen molar-refractivity contribution in [2.24, 2.45) is 0 Å². The fourth-order valence-electron chi connectivity index (χ4n) is 2.60. The lowest BCUT2D eigenvalue weighted by molar-refractivity contribution is 0.108. The molecular formula is C16H24FN2O. The minimum atomic E-state index is -0.155. The van der Waals surface area contributed by atoms with Crippen molar-refractivity contribution in [3.05, 3.63) is 41.1 Å². The fourth-order valence-corrected chi connectivity index (χ4v) is 2.60. The Labute approximate surface area is 121 Å². The van der Waals surface area contributed by atoms with E-state index in [1.165, 1.54) is 0 Å². The zero-order valence-electron chi connectivity index (χ0n) is 12.4. The second-order valence-corrected chi connectivity index (χ2v) is 5.69. The Morgan fingerprint density at radius 3 is 2.35 bits per heavy atom. The zero-order valence-corrected chi connectivity index (χ0v) is 12.4. The number of hydrogen-bond donors (Lipinski definition) is 1. The second-order valence-electron chi connectivity index (χ2n) is 5.69. The van der Waals surface area contributed by atoms with E-state index in [-0.39, 0.29) is 12.4 Å². The third kappa shape index (κ3) is 4.27. The molecule has 1 heterocycles. The van der Waals surface area contributed by atoms with Gasteiger partial charge in [-0.15, -0.1) is 0 Å². The predicted octanol–water partition coefficient (Wildman–Crippen LogP) is 1.90. The summed E-state index contributed by atoms with van der Waals surface area (Å²) in [6.45, 7) is 9.68. The summed E-state index contributed by atoms with van der Waals surface area (Å²) in [5.41, 5.74) is 2.02. The van der Waals surface area contributed by atoms with Gasteiger partial charge in [-0.1, -0.05) is 19.9 Å². The van der Waals surface area contributed by atoms with Crippen LogP contribution in [0, 0.1) is 11.7 Å². The molecule has 0 spiro atoms. The molecule has 0 aliphatic carbocycles. The van der Waals surface area contributed by atoms with E-state index in [0.29, 0.717) is 0 Å². The van der Waals surface area contributed by atoms with Gasteiger partial charge < -0.3 is 5.11 Å². The van der Waals surface area contributed by atoms with Gasteiger partial charge in [0.25, 0.3) is 0 Å². The van der Waals surface area contributed by atoms with Crippen molar-refractivity contribution in [1.29, 1.82) is 0 Å². The first-order valence-electron chi connectivity index (χ1n) is 7.24. The first kappa shape index (κ1) is 15.4. The van der Waals surface area contributed by atoms with Crippen LogP contribution < -0.4 is 0 Å². The molecule has 1 aromatic carbocycles. The minimum Gasteiger partial charge on any atom is -0.395 e. The number of halogens is 1. The first-order chi connectivity index (χ1) is 9.58. The van der Waals surface area contributed by atoms with Crippen LogP contribution in [0.4, 0.5) is 4.39 Å². The van der Waals surface area contributed by atoms with Gasteiger partial charge in [-0.2, -0.15) is 0 Å². The Kier molecular flexibility index (Phi) is 5.52. The molecule has 0 unspecified atom stereocenters. The minimum absolute atomic E-state index is 0.155. The topological polar surface area (TPSA) is 26.7 Å². The van der Waals surface area contributed by atoms with Crippen LogP contribution in [-0.2, 0) is 6.54 Å². The maximum atomic E-state index is 13.6.